The molecular formula is C22H19FN4O2. The third-order valence-electron chi connectivity index (χ3n) is 4.63. The Bertz CT molecular complexity index is 1030. The summed E-state index contributed by atoms with van der Waals surface area (Å²) in [7, 11) is 0. The number of ketones is 1. The van der Waals surface area contributed by atoms with E-state index >= 15 is 0 Å². The molecule has 1 aliphatic rings. The number of pyridine rings is 1. The number of anilines is 2. The molecule has 0 amide bonds. The number of carbonyl (C=O) groups is 1. The lowest BCUT2D eigenvalue weighted by molar-refractivity contribution is 0.0987. The molecule has 3 aromatic rings. The fourth-order valence-electron chi connectivity index (χ4n) is 3.05. The molecule has 6 nitrogen and oxygen atoms in total. The minimum Gasteiger partial charge on any atom is -0.377 e. The molecule has 0 spiro atoms. The third kappa shape index (κ3) is 4.70. The summed E-state index contributed by atoms with van der Waals surface area (Å²) in [4.78, 5) is 16.8. The fourth-order valence-corrected chi connectivity index (χ4v) is 3.05. The van der Waals surface area contributed by atoms with E-state index in [1.165, 1.54) is 12.1 Å². The van der Waals surface area contributed by atoms with Gasteiger partial charge in [-0.15, -0.1) is 5.10 Å². The van der Waals surface area contributed by atoms with Gasteiger partial charge >= 0.3 is 0 Å². The maximum atomic E-state index is 13.1. The molecule has 2 aromatic heterocycles. The Morgan fingerprint density at radius 3 is 2.69 bits per heavy atom. The van der Waals surface area contributed by atoms with Crippen molar-refractivity contribution in [2.75, 3.05) is 18.5 Å². The van der Waals surface area contributed by atoms with Crippen LogP contribution in [-0.4, -0.2) is 34.2 Å². The van der Waals surface area contributed by atoms with E-state index in [1.807, 2.05) is 12.1 Å². The smallest absolute Gasteiger partial charge is 0.187 e. The summed E-state index contributed by atoms with van der Waals surface area (Å²) in [6.07, 6.45) is 6.19. The number of ether oxygens (including phenoxy) is 1. The highest BCUT2D eigenvalue weighted by atomic mass is 19.1. The minimum absolute atomic E-state index is 0.140. The first-order valence-electron chi connectivity index (χ1n) is 9.28. The molecule has 0 saturated carbocycles. The Hall–Kier alpha value is -3.45. The van der Waals surface area contributed by atoms with E-state index in [4.69, 9.17) is 4.74 Å². The molecule has 0 atom stereocenters. The number of Topliss-reactive ketones (excluding diaryl/α,β-unsaturated/α-hetero) is 1. The van der Waals surface area contributed by atoms with Crippen LogP contribution in [0.25, 0.3) is 5.57 Å². The first-order chi connectivity index (χ1) is 14.2. The van der Waals surface area contributed by atoms with Crippen LogP contribution in [0.4, 0.5) is 15.8 Å². The van der Waals surface area contributed by atoms with Crippen molar-refractivity contribution in [3.63, 3.8) is 0 Å². The van der Waals surface area contributed by atoms with Crippen molar-refractivity contribution in [2.24, 2.45) is 0 Å². The first kappa shape index (κ1) is 18.9. The second kappa shape index (κ2) is 8.70. The van der Waals surface area contributed by atoms with Gasteiger partial charge < -0.3 is 10.1 Å². The van der Waals surface area contributed by atoms with E-state index in [0.29, 0.717) is 30.3 Å². The number of hydrogen-bond acceptors (Lipinski definition) is 6. The standard InChI is InChI=1S/C22H19FN4O2/c23-17-1-3-18(4-2-17)25-21-14-24-10-7-16(21)13-22(28)20-6-5-19(26-27-20)15-8-11-29-12-9-15/h1-8,10,14,25H,9,11-13H2. The Labute approximate surface area is 167 Å². The molecular weight excluding hydrogens is 371 g/mol. The van der Waals surface area contributed by atoms with Crippen LogP contribution in [0, 0.1) is 5.82 Å². The molecule has 0 unspecified atom stereocenters. The lowest BCUT2D eigenvalue weighted by atomic mass is 10.0. The normalized spacial score (nSPS) is 13.6. The van der Waals surface area contributed by atoms with Gasteiger partial charge in [0.1, 0.15) is 11.5 Å². The first-order valence-corrected chi connectivity index (χ1v) is 9.28. The van der Waals surface area contributed by atoms with Gasteiger partial charge in [0.25, 0.3) is 0 Å². The highest BCUT2D eigenvalue weighted by Gasteiger charge is 2.14. The summed E-state index contributed by atoms with van der Waals surface area (Å²) in [5.41, 5.74) is 4.33. The van der Waals surface area contributed by atoms with Crippen LogP contribution in [0.5, 0.6) is 0 Å². The van der Waals surface area contributed by atoms with E-state index in [0.717, 1.165) is 23.3 Å². The van der Waals surface area contributed by atoms with Crippen molar-refractivity contribution in [1.82, 2.24) is 15.2 Å². The number of rotatable bonds is 6. The van der Waals surface area contributed by atoms with Crippen LogP contribution >= 0.6 is 0 Å². The van der Waals surface area contributed by atoms with Crippen molar-refractivity contribution < 1.29 is 13.9 Å². The van der Waals surface area contributed by atoms with E-state index in [2.05, 4.69) is 20.5 Å². The van der Waals surface area contributed by atoms with Crippen molar-refractivity contribution >= 4 is 22.7 Å². The van der Waals surface area contributed by atoms with E-state index < -0.39 is 0 Å². The average molecular weight is 390 g/mol. The van der Waals surface area contributed by atoms with Crippen LogP contribution < -0.4 is 5.32 Å². The third-order valence-corrected chi connectivity index (χ3v) is 4.63. The Kier molecular flexibility index (Phi) is 5.67. The molecule has 4 rings (SSSR count). The van der Waals surface area contributed by atoms with Crippen molar-refractivity contribution in [3.05, 3.63) is 83.7 Å². The lowest BCUT2D eigenvalue weighted by Gasteiger charge is -2.13. The van der Waals surface area contributed by atoms with Gasteiger partial charge in [0.05, 0.1) is 30.8 Å². The molecule has 1 aliphatic heterocycles. The van der Waals surface area contributed by atoms with E-state index in [9.17, 15) is 9.18 Å². The molecule has 29 heavy (non-hydrogen) atoms. The molecule has 0 fully saturated rings. The van der Waals surface area contributed by atoms with Crippen LogP contribution in [-0.2, 0) is 11.2 Å². The monoisotopic (exact) mass is 390 g/mol. The Morgan fingerprint density at radius 1 is 1.10 bits per heavy atom. The topological polar surface area (TPSA) is 77.0 Å². The lowest BCUT2D eigenvalue weighted by Crippen LogP contribution is -2.10. The van der Waals surface area contributed by atoms with Gasteiger partial charge in [-0.1, -0.05) is 6.08 Å². The molecule has 1 N–H and O–H groups in total. The summed E-state index contributed by atoms with van der Waals surface area (Å²) in [6.45, 7) is 1.24. The van der Waals surface area contributed by atoms with Crippen molar-refractivity contribution in [3.8, 4) is 0 Å². The molecule has 0 saturated heterocycles. The predicted octanol–water partition coefficient (Wildman–Crippen LogP) is 3.98. The quantitative estimate of drug-likeness (QED) is 0.642. The summed E-state index contributed by atoms with van der Waals surface area (Å²) < 4.78 is 18.4. The second-order valence-electron chi connectivity index (χ2n) is 6.62. The number of nitrogens with one attached hydrogen (secondary N) is 1. The molecule has 7 heteroatoms. The van der Waals surface area contributed by atoms with E-state index in [1.54, 1.807) is 36.7 Å². The molecule has 0 aliphatic carbocycles. The van der Waals surface area contributed by atoms with Crippen molar-refractivity contribution in [2.45, 2.75) is 12.8 Å². The van der Waals surface area contributed by atoms with Gasteiger partial charge in [-0.2, -0.15) is 5.10 Å². The van der Waals surface area contributed by atoms with Crippen LogP contribution in [0.2, 0.25) is 0 Å². The number of benzene rings is 1. The van der Waals surface area contributed by atoms with Gasteiger partial charge in [-0.3, -0.25) is 9.78 Å². The van der Waals surface area contributed by atoms with Crippen LogP contribution in [0.15, 0.2) is 60.9 Å². The van der Waals surface area contributed by atoms with Gasteiger partial charge in [-0.25, -0.2) is 4.39 Å². The highest BCUT2D eigenvalue weighted by molar-refractivity contribution is 5.96. The summed E-state index contributed by atoms with van der Waals surface area (Å²) >= 11 is 0. The number of carbonyl (C=O) groups excluding carboxylic acids is 1. The molecule has 0 bridgehead atoms. The zero-order valence-corrected chi connectivity index (χ0v) is 15.6. The Balaban J connectivity index is 1.48. The zero-order valence-electron chi connectivity index (χ0n) is 15.6. The zero-order chi connectivity index (χ0) is 20.1. The number of nitrogens with zero attached hydrogens (tertiary/aromatic N) is 3. The summed E-state index contributed by atoms with van der Waals surface area (Å²) in [5, 5.41) is 11.5. The van der Waals surface area contributed by atoms with Gasteiger partial charge in [0, 0.05) is 18.3 Å². The maximum absolute atomic E-state index is 13.1. The molecule has 146 valence electrons. The largest absolute Gasteiger partial charge is 0.377 e. The highest BCUT2D eigenvalue weighted by Crippen LogP contribution is 2.22. The molecule has 0 radical (unpaired) electrons. The second-order valence-corrected chi connectivity index (χ2v) is 6.62. The van der Waals surface area contributed by atoms with Crippen molar-refractivity contribution in [1.29, 1.82) is 0 Å². The molecule has 1 aromatic carbocycles. The van der Waals surface area contributed by atoms with Gasteiger partial charge in [-0.05, 0) is 60.0 Å². The van der Waals surface area contributed by atoms with Crippen LogP contribution in [0.3, 0.4) is 0 Å². The summed E-state index contributed by atoms with van der Waals surface area (Å²) in [5.74, 6) is -0.450. The number of hydrogen-bond donors (Lipinski definition) is 1. The SMILES string of the molecule is O=C(Cc1ccncc1Nc1ccc(F)cc1)c1ccc(C2=CCOCC2)nn1. The van der Waals surface area contributed by atoms with Gasteiger partial charge in [0.15, 0.2) is 5.78 Å². The minimum atomic E-state index is -0.310. The summed E-state index contributed by atoms with van der Waals surface area (Å²) in [6, 6.07) is 11.3. The molecule has 3 heterocycles. The van der Waals surface area contributed by atoms with Gasteiger partial charge in [0.2, 0.25) is 0 Å². The average Bonchev–Trinajstić information content (AvgIpc) is 2.77. The number of halogens is 1. The Morgan fingerprint density at radius 2 is 1.97 bits per heavy atom. The van der Waals surface area contributed by atoms with Crippen LogP contribution in [0.1, 0.15) is 28.2 Å². The fraction of sp³-hybridized carbons (Fsp3) is 0.182. The van der Waals surface area contributed by atoms with E-state index in [-0.39, 0.29) is 18.0 Å². The predicted molar refractivity (Wildman–Crippen MR) is 107 cm³/mol. The number of aromatic nitrogens is 3. The maximum Gasteiger partial charge on any atom is 0.187 e.